The summed E-state index contributed by atoms with van der Waals surface area (Å²) in [5.41, 5.74) is 8.74. The average Bonchev–Trinajstić information content (AvgIpc) is 2.39. The Bertz CT molecular complexity index is 818. The molecular formula is C16H13NO2. The first-order valence-electron chi connectivity index (χ1n) is 6.04. The van der Waals surface area contributed by atoms with Gasteiger partial charge < -0.3 is 10.2 Å². The maximum atomic E-state index is 12.1. The molecule has 0 unspecified atom stereocenters. The molecule has 0 aliphatic rings. The summed E-state index contributed by atoms with van der Waals surface area (Å²) in [6, 6.07) is 14.5. The summed E-state index contributed by atoms with van der Waals surface area (Å²) >= 11 is 0. The molecule has 0 amide bonds. The molecule has 1 heterocycles. The van der Waals surface area contributed by atoms with Crippen molar-refractivity contribution in [1.29, 1.82) is 0 Å². The van der Waals surface area contributed by atoms with Crippen molar-refractivity contribution < 1.29 is 4.42 Å². The Morgan fingerprint density at radius 3 is 2.68 bits per heavy atom. The molecule has 0 radical (unpaired) electrons. The van der Waals surface area contributed by atoms with Crippen LogP contribution < -0.4 is 11.2 Å². The van der Waals surface area contributed by atoms with Gasteiger partial charge in [-0.1, -0.05) is 23.8 Å². The van der Waals surface area contributed by atoms with E-state index in [0.717, 1.165) is 11.1 Å². The van der Waals surface area contributed by atoms with Gasteiger partial charge >= 0.3 is 0 Å². The van der Waals surface area contributed by atoms with E-state index in [1.54, 1.807) is 18.2 Å². The number of hydrogen-bond donors (Lipinski definition) is 1. The van der Waals surface area contributed by atoms with Crippen LogP contribution in [-0.4, -0.2) is 0 Å². The van der Waals surface area contributed by atoms with E-state index >= 15 is 0 Å². The van der Waals surface area contributed by atoms with E-state index in [0.29, 0.717) is 22.4 Å². The first-order valence-corrected chi connectivity index (χ1v) is 6.04. The van der Waals surface area contributed by atoms with Crippen LogP contribution in [0, 0.1) is 6.92 Å². The van der Waals surface area contributed by atoms with Crippen LogP contribution in [0.4, 0.5) is 5.69 Å². The highest BCUT2D eigenvalue weighted by molar-refractivity contribution is 5.81. The lowest BCUT2D eigenvalue weighted by atomic mass is 10.1. The number of aryl methyl sites for hydroxylation is 1. The summed E-state index contributed by atoms with van der Waals surface area (Å²) in [7, 11) is 0. The Morgan fingerprint density at radius 2 is 1.89 bits per heavy atom. The quantitative estimate of drug-likeness (QED) is 0.675. The molecule has 0 atom stereocenters. The third-order valence-corrected chi connectivity index (χ3v) is 3.05. The van der Waals surface area contributed by atoms with Crippen molar-refractivity contribution in [2.45, 2.75) is 6.92 Å². The molecule has 94 valence electrons. The predicted molar refractivity (Wildman–Crippen MR) is 77.1 cm³/mol. The third kappa shape index (κ3) is 2.10. The number of hydrogen-bond acceptors (Lipinski definition) is 3. The molecule has 2 aromatic carbocycles. The number of benzene rings is 2. The van der Waals surface area contributed by atoms with Gasteiger partial charge in [-0.2, -0.15) is 0 Å². The van der Waals surface area contributed by atoms with Crippen molar-refractivity contribution in [3.8, 4) is 11.3 Å². The Morgan fingerprint density at radius 1 is 1.05 bits per heavy atom. The monoisotopic (exact) mass is 251 g/mol. The predicted octanol–water partition coefficient (Wildman–Crippen LogP) is 3.35. The second-order valence-corrected chi connectivity index (χ2v) is 4.60. The van der Waals surface area contributed by atoms with Crippen molar-refractivity contribution in [2.75, 3.05) is 5.73 Å². The minimum atomic E-state index is -0.0787. The van der Waals surface area contributed by atoms with E-state index in [1.807, 2.05) is 31.2 Å². The van der Waals surface area contributed by atoms with Crippen LogP contribution in [0.2, 0.25) is 0 Å². The maximum Gasteiger partial charge on any atom is 0.193 e. The zero-order valence-corrected chi connectivity index (χ0v) is 10.5. The minimum Gasteiger partial charge on any atom is -0.456 e. The lowest BCUT2D eigenvalue weighted by Gasteiger charge is -2.04. The van der Waals surface area contributed by atoms with Crippen molar-refractivity contribution >= 4 is 16.7 Å². The highest BCUT2D eigenvalue weighted by Gasteiger charge is 2.07. The molecule has 3 aromatic rings. The van der Waals surface area contributed by atoms with Gasteiger partial charge in [-0.05, 0) is 31.2 Å². The fourth-order valence-electron chi connectivity index (χ4n) is 2.11. The molecule has 2 N–H and O–H groups in total. The van der Waals surface area contributed by atoms with E-state index in [2.05, 4.69) is 0 Å². The van der Waals surface area contributed by atoms with Gasteiger partial charge in [0.25, 0.3) is 0 Å². The molecule has 3 rings (SSSR count). The van der Waals surface area contributed by atoms with Gasteiger partial charge in [-0.3, -0.25) is 4.79 Å². The SMILES string of the molecule is Cc1cccc(-c2cc(=O)c3cc(N)ccc3o2)c1. The van der Waals surface area contributed by atoms with Crippen LogP contribution in [0.25, 0.3) is 22.3 Å². The highest BCUT2D eigenvalue weighted by Crippen LogP contribution is 2.23. The van der Waals surface area contributed by atoms with Crippen LogP contribution in [-0.2, 0) is 0 Å². The smallest absolute Gasteiger partial charge is 0.193 e. The van der Waals surface area contributed by atoms with Crippen LogP contribution in [0.1, 0.15) is 5.56 Å². The van der Waals surface area contributed by atoms with Crippen LogP contribution in [0.3, 0.4) is 0 Å². The van der Waals surface area contributed by atoms with E-state index in [9.17, 15) is 4.79 Å². The Balaban J connectivity index is 2.27. The Hall–Kier alpha value is -2.55. The Kier molecular flexibility index (Phi) is 2.60. The second-order valence-electron chi connectivity index (χ2n) is 4.60. The van der Waals surface area contributed by atoms with Gasteiger partial charge in [0.15, 0.2) is 5.43 Å². The summed E-state index contributed by atoms with van der Waals surface area (Å²) in [6.45, 7) is 2.00. The number of nitrogen functional groups attached to an aromatic ring is 1. The van der Waals surface area contributed by atoms with Crippen molar-refractivity contribution in [3.63, 3.8) is 0 Å². The average molecular weight is 251 g/mol. The van der Waals surface area contributed by atoms with E-state index < -0.39 is 0 Å². The number of rotatable bonds is 1. The minimum absolute atomic E-state index is 0.0787. The molecule has 3 nitrogen and oxygen atoms in total. The zero-order valence-electron chi connectivity index (χ0n) is 10.5. The maximum absolute atomic E-state index is 12.1. The summed E-state index contributed by atoms with van der Waals surface area (Å²) in [5, 5.41) is 0.511. The van der Waals surface area contributed by atoms with Crippen LogP contribution in [0.15, 0.2) is 57.7 Å². The van der Waals surface area contributed by atoms with Gasteiger partial charge in [-0.25, -0.2) is 0 Å². The van der Waals surface area contributed by atoms with Gasteiger partial charge in [0.1, 0.15) is 11.3 Å². The number of fused-ring (bicyclic) bond motifs is 1. The van der Waals surface area contributed by atoms with Crippen molar-refractivity contribution in [3.05, 3.63) is 64.3 Å². The number of nitrogens with two attached hydrogens (primary N) is 1. The van der Waals surface area contributed by atoms with Gasteiger partial charge in [-0.15, -0.1) is 0 Å². The second kappa shape index (κ2) is 4.28. The zero-order chi connectivity index (χ0) is 13.4. The van der Waals surface area contributed by atoms with Crippen LogP contribution in [0.5, 0.6) is 0 Å². The van der Waals surface area contributed by atoms with Crippen molar-refractivity contribution in [2.24, 2.45) is 0 Å². The van der Waals surface area contributed by atoms with E-state index in [1.165, 1.54) is 6.07 Å². The number of anilines is 1. The van der Waals surface area contributed by atoms with Gasteiger partial charge in [0.05, 0.1) is 5.39 Å². The molecule has 0 aliphatic heterocycles. The molecule has 1 aromatic heterocycles. The molecule has 0 spiro atoms. The molecule has 3 heteroatoms. The topological polar surface area (TPSA) is 56.2 Å². The molecule has 0 bridgehead atoms. The summed E-state index contributed by atoms with van der Waals surface area (Å²) in [6.07, 6.45) is 0. The molecule has 0 saturated carbocycles. The molecule has 19 heavy (non-hydrogen) atoms. The summed E-state index contributed by atoms with van der Waals surface area (Å²) in [4.78, 5) is 12.1. The normalized spacial score (nSPS) is 10.8. The molecule has 0 saturated heterocycles. The fourth-order valence-corrected chi connectivity index (χ4v) is 2.11. The molecular weight excluding hydrogens is 238 g/mol. The molecule has 0 fully saturated rings. The lowest BCUT2D eigenvalue weighted by Crippen LogP contribution is -2.01. The third-order valence-electron chi connectivity index (χ3n) is 3.05. The first kappa shape index (κ1) is 11.5. The first-order chi connectivity index (χ1) is 9.13. The van der Waals surface area contributed by atoms with E-state index in [-0.39, 0.29) is 5.43 Å². The fraction of sp³-hybridized carbons (Fsp3) is 0.0625. The Labute approximate surface area is 110 Å². The van der Waals surface area contributed by atoms with E-state index in [4.69, 9.17) is 10.2 Å². The lowest BCUT2D eigenvalue weighted by molar-refractivity contribution is 0.619. The molecule has 0 aliphatic carbocycles. The van der Waals surface area contributed by atoms with Crippen molar-refractivity contribution in [1.82, 2.24) is 0 Å². The summed E-state index contributed by atoms with van der Waals surface area (Å²) in [5.74, 6) is 0.575. The van der Waals surface area contributed by atoms with Gasteiger partial charge in [0, 0.05) is 17.3 Å². The van der Waals surface area contributed by atoms with Crippen LogP contribution >= 0.6 is 0 Å². The standard InChI is InChI=1S/C16H13NO2/c1-10-3-2-4-11(7-10)16-9-14(18)13-8-12(17)5-6-15(13)19-16/h2-9H,17H2,1H3. The largest absolute Gasteiger partial charge is 0.456 e. The van der Waals surface area contributed by atoms with Gasteiger partial charge in [0.2, 0.25) is 0 Å². The highest BCUT2D eigenvalue weighted by atomic mass is 16.3. The summed E-state index contributed by atoms with van der Waals surface area (Å²) < 4.78 is 5.78.